The fraction of sp³-hybridized carbons (Fsp3) is 0.667. The van der Waals surface area contributed by atoms with Gasteiger partial charge in [0.05, 0.1) is 18.7 Å². The zero-order valence-electron chi connectivity index (χ0n) is 23.3. The second kappa shape index (κ2) is 12.7. The molecular weight excluding hydrogens is 462 g/mol. The summed E-state index contributed by atoms with van der Waals surface area (Å²) in [6, 6.07) is 0.136. The number of hydrogen-bond donors (Lipinski definition) is 2. The van der Waals surface area contributed by atoms with E-state index in [1.807, 2.05) is 65.3 Å². The molecular formula is C27H45N3O4S. The highest BCUT2D eigenvalue weighted by molar-refractivity contribution is 7.08. The average molecular weight is 508 g/mol. The van der Waals surface area contributed by atoms with Gasteiger partial charge in [0.25, 0.3) is 0 Å². The molecule has 8 heteroatoms. The lowest BCUT2D eigenvalue weighted by atomic mass is 9.76. The molecule has 0 aliphatic rings. The van der Waals surface area contributed by atoms with Crippen molar-refractivity contribution in [1.82, 2.24) is 15.5 Å². The molecule has 7 nitrogen and oxygen atoms in total. The number of esters is 1. The molecule has 0 spiro atoms. The van der Waals surface area contributed by atoms with Crippen LogP contribution in [0.3, 0.4) is 0 Å². The van der Waals surface area contributed by atoms with Crippen LogP contribution in [0.5, 0.6) is 0 Å². The van der Waals surface area contributed by atoms with Gasteiger partial charge in [0, 0.05) is 18.0 Å². The standard InChI is InChI=1S/C27H45N3O4S/c1-12-34-25(33)18(4)15-20(17(2)3)30(22(23(31)29-11)26(5,6)7)24(32)21(28-10)27(8,9)19-13-14-35-16-19/h13-17,20-22,28H,12H2,1-11H3,(H,29,31)/b18-15+/t20-,21+,22-/m1/s1. The van der Waals surface area contributed by atoms with Crippen LogP contribution in [0, 0.1) is 11.3 Å². The minimum Gasteiger partial charge on any atom is -0.463 e. The zero-order chi connectivity index (χ0) is 27.1. The van der Waals surface area contributed by atoms with Crippen LogP contribution in [0.25, 0.3) is 0 Å². The number of thiophene rings is 1. The van der Waals surface area contributed by atoms with Crippen molar-refractivity contribution in [1.29, 1.82) is 0 Å². The van der Waals surface area contributed by atoms with E-state index in [0.717, 1.165) is 5.56 Å². The van der Waals surface area contributed by atoms with Crippen LogP contribution >= 0.6 is 11.3 Å². The van der Waals surface area contributed by atoms with Gasteiger partial charge in [0.2, 0.25) is 11.8 Å². The molecule has 0 bridgehead atoms. The Morgan fingerprint density at radius 3 is 2.14 bits per heavy atom. The third-order valence-electron chi connectivity index (χ3n) is 6.39. The molecule has 3 atom stereocenters. The lowest BCUT2D eigenvalue weighted by Crippen LogP contribution is -2.65. The number of hydrogen-bond acceptors (Lipinski definition) is 6. The number of ether oxygens (including phenoxy) is 1. The predicted octanol–water partition coefficient (Wildman–Crippen LogP) is 4.14. The van der Waals surface area contributed by atoms with Crippen LogP contribution in [-0.4, -0.2) is 61.5 Å². The number of rotatable bonds is 11. The van der Waals surface area contributed by atoms with Crippen LogP contribution in [0.1, 0.15) is 67.9 Å². The molecule has 0 aromatic carbocycles. The quantitative estimate of drug-likeness (QED) is 0.347. The smallest absolute Gasteiger partial charge is 0.333 e. The predicted molar refractivity (Wildman–Crippen MR) is 143 cm³/mol. The van der Waals surface area contributed by atoms with Gasteiger partial charge in [-0.25, -0.2) is 4.79 Å². The number of amides is 2. The molecule has 0 aliphatic carbocycles. The molecule has 1 rings (SSSR count). The Morgan fingerprint density at radius 2 is 1.74 bits per heavy atom. The Hall–Kier alpha value is -2.19. The molecule has 1 heterocycles. The van der Waals surface area contributed by atoms with Crippen LogP contribution in [0.4, 0.5) is 0 Å². The Morgan fingerprint density at radius 1 is 1.14 bits per heavy atom. The number of carbonyl (C=O) groups excluding carboxylic acids is 3. The van der Waals surface area contributed by atoms with Crippen molar-refractivity contribution in [3.8, 4) is 0 Å². The average Bonchev–Trinajstić information content (AvgIpc) is 3.30. The minimum atomic E-state index is -0.771. The third-order valence-corrected chi connectivity index (χ3v) is 7.08. The van der Waals surface area contributed by atoms with Crippen molar-refractivity contribution >= 4 is 29.1 Å². The normalized spacial score (nSPS) is 15.4. The third kappa shape index (κ3) is 7.40. The topological polar surface area (TPSA) is 87.7 Å². The van der Waals surface area contributed by atoms with Crippen LogP contribution < -0.4 is 10.6 Å². The molecule has 198 valence electrons. The van der Waals surface area contributed by atoms with E-state index in [1.165, 1.54) is 0 Å². The number of likely N-dealkylation sites (N-methyl/N-ethyl adjacent to an activating group) is 2. The molecule has 0 radical (unpaired) electrons. The Kier molecular flexibility index (Phi) is 11.2. The fourth-order valence-corrected chi connectivity index (χ4v) is 5.26. The Balaban J connectivity index is 3.81. The maximum Gasteiger partial charge on any atom is 0.333 e. The van der Waals surface area contributed by atoms with Gasteiger partial charge in [-0.05, 0) is 54.6 Å². The first kappa shape index (κ1) is 30.8. The Labute approximate surface area is 215 Å². The van der Waals surface area contributed by atoms with Gasteiger partial charge in [0.1, 0.15) is 6.04 Å². The summed E-state index contributed by atoms with van der Waals surface area (Å²) in [4.78, 5) is 41.9. The summed E-state index contributed by atoms with van der Waals surface area (Å²) in [6.07, 6.45) is 1.77. The van der Waals surface area contributed by atoms with Gasteiger partial charge in [-0.1, -0.05) is 54.5 Å². The number of carbonyl (C=O) groups is 3. The van der Waals surface area contributed by atoms with Crippen molar-refractivity contribution in [2.75, 3.05) is 20.7 Å². The van der Waals surface area contributed by atoms with Gasteiger partial charge < -0.3 is 20.3 Å². The van der Waals surface area contributed by atoms with Crippen molar-refractivity contribution in [2.24, 2.45) is 11.3 Å². The molecule has 0 unspecified atom stereocenters. The van der Waals surface area contributed by atoms with Crippen molar-refractivity contribution < 1.29 is 19.1 Å². The summed E-state index contributed by atoms with van der Waals surface area (Å²) in [6.45, 7) is 17.6. The number of nitrogens with one attached hydrogen (secondary N) is 2. The lowest BCUT2D eigenvalue weighted by Gasteiger charge is -2.47. The van der Waals surface area contributed by atoms with E-state index >= 15 is 0 Å². The summed E-state index contributed by atoms with van der Waals surface area (Å²) in [5, 5.41) is 10.0. The van der Waals surface area contributed by atoms with E-state index in [0.29, 0.717) is 5.57 Å². The second-order valence-electron chi connectivity index (χ2n) is 10.9. The van der Waals surface area contributed by atoms with Gasteiger partial charge in [0.15, 0.2) is 0 Å². The van der Waals surface area contributed by atoms with Crippen molar-refractivity contribution in [2.45, 2.75) is 85.9 Å². The molecule has 0 fully saturated rings. The summed E-state index contributed by atoms with van der Waals surface area (Å²) < 4.78 is 5.19. The summed E-state index contributed by atoms with van der Waals surface area (Å²) in [5.74, 6) is -0.943. The van der Waals surface area contributed by atoms with Gasteiger partial charge in [-0.3, -0.25) is 9.59 Å². The van der Waals surface area contributed by atoms with E-state index in [1.54, 1.807) is 50.3 Å². The van der Waals surface area contributed by atoms with Crippen molar-refractivity contribution in [3.05, 3.63) is 34.0 Å². The largest absolute Gasteiger partial charge is 0.463 e. The van der Waals surface area contributed by atoms with E-state index in [9.17, 15) is 14.4 Å². The monoisotopic (exact) mass is 507 g/mol. The van der Waals surface area contributed by atoms with Crippen molar-refractivity contribution in [3.63, 3.8) is 0 Å². The van der Waals surface area contributed by atoms with Gasteiger partial charge >= 0.3 is 5.97 Å². The fourth-order valence-electron chi connectivity index (χ4n) is 4.42. The zero-order valence-corrected chi connectivity index (χ0v) is 24.1. The van der Waals surface area contributed by atoms with E-state index in [2.05, 4.69) is 10.6 Å². The van der Waals surface area contributed by atoms with Crippen LogP contribution in [0.2, 0.25) is 0 Å². The summed E-state index contributed by atoms with van der Waals surface area (Å²) >= 11 is 1.58. The first-order valence-corrected chi connectivity index (χ1v) is 13.2. The Bertz CT molecular complexity index is 885. The second-order valence-corrected chi connectivity index (χ2v) is 11.7. The lowest BCUT2D eigenvalue weighted by molar-refractivity contribution is -0.150. The molecule has 1 aromatic heterocycles. The molecule has 0 aliphatic heterocycles. The summed E-state index contributed by atoms with van der Waals surface area (Å²) in [7, 11) is 3.35. The molecule has 2 N–H and O–H groups in total. The highest BCUT2D eigenvalue weighted by Gasteiger charge is 2.47. The van der Waals surface area contributed by atoms with E-state index in [-0.39, 0.29) is 24.3 Å². The molecule has 0 saturated heterocycles. The summed E-state index contributed by atoms with van der Waals surface area (Å²) in [5.41, 5.74) is 0.337. The first-order valence-electron chi connectivity index (χ1n) is 12.2. The molecule has 2 amide bonds. The maximum atomic E-state index is 14.5. The highest BCUT2D eigenvalue weighted by atomic mass is 32.1. The highest BCUT2D eigenvalue weighted by Crippen LogP contribution is 2.35. The van der Waals surface area contributed by atoms with Gasteiger partial charge in [-0.2, -0.15) is 11.3 Å². The molecule has 35 heavy (non-hydrogen) atoms. The molecule has 1 aromatic rings. The first-order chi connectivity index (χ1) is 16.1. The van der Waals surface area contributed by atoms with E-state index < -0.39 is 34.9 Å². The van der Waals surface area contributed by atoms with Crippen LogP contribution in [-0.2, 0) is 24.5 Å². The molecule has 0 saturated carbocycles. The minimum absolute atomic E-state index is 0.0698. The van der Waals surface area contributed by atoms with Crippen LogP contribution in [0.15, 0.2) is 28.5 Å². The van der Waals surface area contributed by atoms with E-state index in [4.69, 9.17) is 4.74 Å². The van der Waals surface area contributed by atoms with Gasteiger partial charge in [-0.15, -0.1) is 0 Å². The SMILES string of the molecule is CCOC(=O)/C(C)=C/[C@H](C(C)C)N(C(=O)[C@H](NC)C(C)(C)c1ccsc1)[C@H](C(=O)NC)C(C)(C)C. The number of nitrogens with zero attached hydrogens (tertiary/aromatic N) is 1. The maximum absolute atomic E-state index is 14.5.